The number of aliphatic hydroxyl groups excluding tert-OH is 1. The minimum atomic E-state index is -0.299. The number of rotatable bonds is 8. The maximum absolute atomic E-state index is 12.5. The van der Waals surface area contributed by atoms with Gasteiger partial charge in [0.2, 0.25) is 12.7 Å². The smallest absolute Gasteiger partial charge is 0.348 e. The molecule has 0 radical (unpaired) electrons. The van der Waals surface area contributed by atoms with Crippen LogP contribution < -0.4 is 20.5 Å². The highest BCUT2D eigenvalue weighted by Gasteiger charge is 2.21. The monoisotopic (exact) mass is 431 g/mol. The first kappa shape index (κ1) is 20.7. The predicted octanol–water partition coefficient (Wildman–Crippen LogP) is 1.64. The van der Waals surface area contributed by atoms with Gasteiger partial charge < -0.3 is 19.9 Å². The molecule has 0 unspecified atom stereocenters. The molecule has 160 valence electrons. The molecule has 0 spiro atoms. The van der Waals surface area contributed by atoms with Gasteiger partial charge in [0.05, 0.1) is 5.75 Å². The summed E-state index contributed by atoms with van der Waals surface area (Å²) < 4.78 is 12.3. The highest BCUT2D eigenvalue weighted by Crippen LogP contribution is 2.32. The Morgan fingerprint density at radius 2 is 2.07 bits per heavy atom. The molecular weight excluding hydrogens is 406 g/mol. The summed E-state index contributed by atoms with van der Waals surface area (Å²) in [5.41, 5.74) is 2.72. The van der Waals surface area contributed by atoms with Gasteiger partial charge in [0, 0.05) is 31.0 Å². The third-order valence-corrected chi connectivity index (χ3v) is 6.27. The number of carbonyl (C=O) groups is 1. The Morgan fingerprint density at radius 3 is 2.93 bits per heavy atom. The summed E-state index contributed by atoms with van der Waals surface area (Å²) in [7, 11) is 0. The molecule has 8 nitrogen and oxygen atoms in total. The lowest BCUT2D eigenvalue weighted by atomic mass is 9.97. The molecular formula is C21H25N3O5S. The number of thioether (sulfide) groups is 1. The van der Waals surface area contributed by atoms with Crippen molar-refractivity contribution in [3.05, 3.63) is 45.5 Å². The highest BCUT2D eigenvalue weighted by molar-refractivity contribution is 7.99. The Kier molecular flexibility index (Phi) is 6.59. The topological polar surface area (TPSA) is 103 Å². The largest absolute Gasteiger partial charge is 0.454 e. The number of aromatic nitrogens is 2. The maximum Gasteiger partial charge on any atom is 0.348 e. The van der Waals surface area contributed by atoms with E-state index in [2.05, 4.69) is 10.3 Å². The van der Waals surface area contributed by atoms with Gasteiger partial charge in [0.25, 0.3) is 0 Å². The number of amides is 1. The van der Waals surface area contributed by atoms with Crippen LogP contribution in [-0.4, -0.2) is 39.7 Å². The molecule has 0 saturated carbocycles. The Balaban J connectivity index is 1.39. The summed E-state index contributed by atoms with van der Waals surface area (Å²) in [6.07, 6.45) is 4.32. The number of ether oxygens (including phenoxy) is 2. The van der Waals surface area contributed by atoms with Gasteiger partial charge in [-0.3, -0.25) is 9.36 Å². The van der Waals surface area contributed by atoms with Crippen LogP contribution in [0.4, 0.5) is 0 Å². The second kappa shape index (κ2) is 9.53. The zero-order chi connectivity index (χ0) is 20.9. The molecule has 1 aromatic heterocycles. The lowest BCUT2D eigenvalue weighted by Gasteiger charge is -2.22. The molecule has 1 amide bonds. The lowest BCUT2D eigenvalue weighted by molar-refractivity contribution is -0.118. The van der Waals surface area contributed by atoms with E-state index in [4.69, 9.17) is 14.6 Å². The fourth-order valence-electron chi connectivity index (χ4n) is 3.76. The van der Waals surface area contributed by atoms with Crippen LogP contribution in [0.2, 0.25) is 0 Å². The number of hydrogen-bond donors (Lipinski definition) is 2. The zero-order valence-corrected chi connectivity index (χ0v) is 17.5. The number of benzene rings is 1. The van der Waals surface area contributed by atoms with Gasteiger partial charge in [-0.1, -0.05) is 17.8 Å². The van der Waals surface area contributed by atoms with Crippen molar-refractivity contribution >= 4 is 17.7 Å². The molecule has 0 bridgehead atoms. The number of nitrogens with zero attached hydrogens (tertiary/aromatic N) is 2. The molecule has 1 aliphatic heterocycles. The average Bonchev–Trinajstić information content (AvgIpc) is 3.23. The number of fused-ring (bicyclic) bond motifs is 2. The van der Waals surface area contributed by atoms with Crippen molar-refractivity contribution in [2.45, 2.75) is 50.2 Å². The molecule has 30 heavy (non-hydrogen) atoms. The van der Waals surface area contributed by atoms with Crippen LogP contribution in [0.1, 0.15) is 36.1 Å². The van der Waals surface area contributed by atoms with E-state index in [0.29, 0.717) is 36.0 Å². The molecule has 0 saturated heterocycles. The van der Waals surface area contributed by atoms with Crippen LogP contribution in [0, 0.1) is 0 Å². The van der Waals surface area contributed by atoms with Gasteiger partial charge >= 0.3 is 5.69 Å². The normalized spacial score (nSPS) is 14.4. The standard InChI is InChI=1S/C21H25N3O5S/c25-9-3-8-24-16-5-2-1-4-15(16)20(23-21(24)27)30-12-19(26)22-11-14-6-7-17-18(10-14)29-13-28-17/h6-7,10,25H,1-5,8-9,11-13H2,(H,22,26). The zero-order valence-electron chi connectivity index (χ0n) is 16.7. The summed E-state index contributed by atoms with van der Waals surface area (Å²) in [6.45, 7) is 1.13. The van der Waals surface area contributed by atoms with E-state index in [-0.39, 0.29) is 30.7 Å². The number of hydrogen-bond acceptors (Lipinski definition) is 7. The second-order valence-corrected chi connectivity index (χ2v) is 8.28. The third-order valence-electron chi connectivity index (χ3n) is 5.26. The van der Waals surface area contributed by atoms with Crippen molar-refractivity contribution in [2.75, 3.05) is 19.2 Å². The van der Waals surface area contributed by atoms with E-state index in [1.54, 1.807) is 4.57 Å². The van der Waals surface area contributed by atoms with Gasteiger partial charge in [0.15, 0.2) is 11.5 Å². The SMILES string of the molecule is O=C(CSc1nc(=O)n(CCCO)c2c1CCCC2)NCc1ccc2c(c1)OCO2. The molecule has 1 aromatic carbocycles. The number of nitrogens with one attached hydrogen (secondary N) is 1. The predicted molar refractivity (Wildman–Crippen MR) is 112 cm³/mol. The van der Waals surface area contributed by atoms with E-state index in [1.165, 1.54) is 11.8 Å². The van der Waals surface area contributed by atoms with Gasteiger partial charge in [-0.15, -0.1) is 0 Å². The fourth-order valence-corrected chi connectivity index (χ4v) is 4.67. The molecule has 2 N–H and O–H groups in total. The van der Waals surface area contributed by atoms with Crippen molar-refractivity contribution in [3.63, 3.8) is 0 Å². The number of aliphatic hydroxyl groups is 1. The summed E-state index contributed by atoms with van der Waals surface area (Å²) >= 11 is 1.31. The van der Waals surface area contributed by atoms with Crippen LogP contribution in [0.25, 0.3) is 0 Å². The first-order valence-corrected chi connectivity index (χ1v) is 11.2. The van der Waals surface area contributed by atoms with E-state index >= 15 is 0 Å². The average molecular weight is 432 g/mol. The summed E-state index contributed by atoms with van der Waals surface area (Å²) in [6, 6.07) is 5.59. The Morgan fingerprint density at radius 1 is 1.23 bits per heavy atom. The molecule has 4 rings (SSSR count). The van der Waals surface area contributed by atoms with Crippen LogP contribution in [-0.2, 0) is 30.7 Å². The van der Waals surface area contributed by atoms with E-state index in [0.717, 1.165) is 42.5 Å². The van der Waals surface area contributed by atoms with Crippen molar-refractivity contribution in [3.8, 4) is 11.5 Å². The van der Waals surface area contributed by atoms with Gasteiger partial charge in [-0.05, 0) is 49.8 Å². The summed E-state index contributed by atoms with van der Waals surface area (Å²) in [5, 5.41) is 12.7. The molecule has 1 aliphatic carbocycles. The molecule has 2 aliphatic rings. The van der Waals surface area contributed by atoms with Gasteiger partial charge in [-0.2, -0.15) is 4.98 Å². The Bertz CT molecular complexity index is 991. The lowest BCUT2D eigenvalue weighted by Crippen LogP contribution is -2.31. The fraction of sp³-hybridized carbons (Fsp3) is 0.476. The Labute approximate surface area is 178 Å². The van der Waals surface area contributed by atoms with Crippen LogP contribution in [0.15, 0.2) is 28.0 Å². The van der Waals surface area contributed by atoms with Crippen molar-refractivity contribution in [2.24, 2.45) is 0 Å². The minimum Gasteiger partial charge on any atom is -0.454 e. The molecule has 9 heteroatoms. The summed E-state index contributed by atoms with van der Waals surface area (Å²) in [4.78, 5) is 29.1. The third kappa shape index (κ3) is 4.62. The highest BCUT2D eigenvalue weighted by atomic mass is 32.2. The molecule has 2 heterocycles. The first-order chi connectivity index (χ1) is 14.7. The van der Waals surface area contributed by atoms with Crippen molar-refractivity contribution < 1.29 is 19.4 Å². The summed E-state index contributed by atoms with van der Waals surface area (Å²) in [5.74, 6) is 1.48. The molecule has 2 aromatic rings. The van der Waals surface area contributed by atoms with Crippen LogP contribution >= 0.6 is 11.8 Å². The van der Waals surface area contributed by atoms with Crippen molar-refractivity contribution in [1.82, 2.24) is 14.9 Å². The van der Waals surface area contributed by atoms with E-state index in [1.807, 2.05) is 18.2 Å². The Hall–Kier alpha value is -2.52. The van der Waals surface area contributed by atoms with E-state index < -0.39 is 0 Å². The minimum absolute atomic E-state index is 0.0429. The second-order valence-electron chi connectivity index (χ2n) is 7.31. The van der Waals surface area contributed by atoms with Crippen LogP contribution in [0.5, 0.6) is 11.5 Å². The van der Waals surface area contributed by atoms with E-state index in [9.17, 15) is 9.59 Å². The maximum atomic E-state index is 12.5. The van der Waals surface area contributed by atoms with Gasteiger partial charge in [-0.25, -0.2) is 4.79 Å². The number of carbonyl (C=O) groups excluding carboxylic acids is 1. The van der Waals surface area contributed by atoms with Crippen molar-refractivity contribution in [1.29, 1.82) is 0 Å². The molecule has 0 fully saturated rings. The molecule has 0 atom stereocenters. The first-order valence-electron chi connectivity index (χ1n) is 10.2. The quantitative estimate of drug-likeness (QED) is 0.484. The van der Waals surface area contributed by atoms with Crippen LogP contribution in [0.3, 0.4) is 0 Å². The van der Waals surface area contributed by atoms with Gasteiger partial charge in [0.1, 0.15) is 5.03 Å².